The number of benzene rings is 1. The fraction of sp³-hybridized carbons (Fsp3) is 0.571. The SMILES string of the molecule is CN(C)CCOCCN1Cc2cccc(N)c2C1. The van der Waals surface area contributed by atoms with Crippen LogP contribution in [0.4, 0.5) is 5.69 Å². The number of hydrogen-bond donors (Lipinski definition) is 1. The Morgan fingerprint density at radius 2 is 2.11 bits per heavy atom. The molecule has 4 nitrogen and oxygen atoms in total. The first-order valence-electron chi connectivity index (χ1n) is 6.48. The van der Waals surface area contributed by atoms with Crippen LogP contribution in [0.5, 0.6) is 0 Å². The van der Waals surface area contributed by atoms with E-state index in [0.717, 1.165) is 45.1 Å². The molecule has 0 amide bonds. The number of hydrogen-bond acceptors (Lipinski definition) is 4. The van der Waals surface area contributed by atoms with Gasteiger partial charge in [-0.25, -0.2) is 0 Å². The van der Waals surface area contributed by atoms with Crippen molar-refractivity contribution >= 4 is 5.69 Å². The largest absolute Gasteiger partial charge is 0.398 e. The molecule has 18 heavy (non-hydrogen) atoms. The van der Waals surface area contributed by atoms with Gasteiger partial charge >= 0.3 is 0 Å². The molecule has 0 radical (unpaired) electrons. The zero-order valence-electron chi connectivity index (χ0n) is 11.4. The molecule has 0 saturated heterocycles. The van der Waals surface area contributed by atoms with Crippen molar-refractivity contribution in [2.45, 2.75) is 13.1 Å². The molecule has 100 valence electrons. The van der Waals surface area contributed by atoms with Crippen LogP contribution < -0.4 is 5.73 Å². The molecular formula is C14H23N3O. The maximum atomic E-state index is 5.98. The zero-order chi connectivity index (χ0) is 13.0. The molecule has 2 N–H and O–H groups in total. The van der Waals surface area contributed by atoms with Crippen molar-refractivity contribution in [1.82, 2.24) is 9.80 Å². The minimum Gasteiger partial charge on any atom is -0.398 e. The summed E-state index contributed by atoms with van der Waals surface area (Å²) in [5.41, 5.74) is 9.56. The highest BCUT2D eigenvalue weighted by atomic mass is 16.5. The molecule has 4 heteroatoms. The summed E-state index contributed by atoms with van der Waals surface area (Å²) in [6.07, 6.45) is 0. The fourth-order valence-corrected chi connectivity index (χ4v) is 2.22. The highest BCUT2D eigenvalue weighted by molar-refractivity contribution is 5.52. The molecule has 1 aromatic rings. The quantitative estimate of drug-likeness (QED) is 0.607. The third kappa shape index (κ3) is 3.45. The van der Waals surface area contributed by atoms with Crippen LogP contribution in [0.2, 0.25) is 0 Å². The van der Waals surface area contributed by atoms with E-state index in [1.807, 2.05) is 12.1 Å². The number of anilines is 1. The van der Waals surface area contributed by atoms with Crippen molar-refractivity contribution < 1.29 is 4.74 Å². The topological polar surface area (TPSA) is 41.7 Å². The zero-order valence-corrected chi connectivity index (χ0v) is 11.4. The van der Waals surface area contributed by atoms with Crippen molar-refractivity contribution in [3.05, 3.63) is 29.3 Å². The van der Waals surface area contributed by atoms with Gasteiger partial charge in [-0.1, -0.05) is 12.1 Å². The van der Waals surface area contributed by atoms with Gasteiger partial charge in [0.2, 0.25) is 0 Å². The number of fused-ring (bicyclic) bond motifs is 1. The minimum absolute atomic E-state index is 0.793. The molecule has 0 fully saturated rings. The van der Waals surface area contributed by atoms with Crippen molar-refractivity contribution in [2.75, 3.05) is 46.1 Å². The van der Waals surface area contributed by atoms with E-state index in [4.69, 9.17) is 10.5 Å². The lowest BCUT2D eigenvalue weighted by molar-refractivity contribution is 0.0918. The molecular weight excluding hydrogens is 226 g/mol. The van der Waals surface area contributed by atoms with Crippen LogP contribution in [-0.4, -0.2) is 50.2 Å². The predicted molar refractivity (Wildman–Crippen MR) is 74.3 cm³/mol. The fourth-order valence-electron chi connectivity index (χ4n) is 2.22. The summed E-state index contributed by atoms with van der Waals surface area (Å²) in [7, 11) is 4.12. The first-order valence-corrected chi connectivity index (χ1v) is 6.48. The number of rotatable bonds is 6. The highest BCUT2D eigenvalue weighted by Gasteiger charge is 2.19. The molecule has 0 bridgehead atoms. The van der Waals surface area contributed by atoms with E-state index in [1.54, 1.807) is 0 Å². The van der Waals surface area contributed by atoms with E-state index in [-0.39, 0.29) is 0 Å². The third-order valence-electron chi connectivity index (χ3n) is 3.32. The molecule has 1 aromatic carbocycles. The van der Waals surface area contributed by atoms with E-state index in [0.29, 0.717) is 0 Å². The second kappa shape index (κ2) is 6.18. The Morgan fingerprint density at radius 3 is 2.83 bits per heavy atom. The van der Waals surface area contributed by atoms with Gasteiger partial charge < -0.3 is 15.4 Å². The van der Waals surface area contributed by atoms with Crippen LogP contribution in [0, 0.1) is 0 Å². The van der Waals surface area contributed by atoms with E-state index < -0.39 is 0 Å². The van der Waals surface area contributed by atoms with Gasteiger partial charge in [0.05, 0.1) is 13.2 Å². The van der Waals surface area contributed by atoms with Crippen molar-refractivity contribution in [3.63, 3.8) is 0 Å². The third-order valence-corrected chi connectivity index (χ3v) is 3.32. The number of likely N-dealkylation sites (N-methyl/N-ethyl adjacent to an activating group) is 1. The van der Waals surface area contributed by atoms with Crippen molar-refractivity contribution in [3.8, 4) is 0 Å². The Bertz CT molecular complexity index is 393. The molecule has 2 rings (SSSR count). The number of nitrogens with zero attached hydrogens (tertiary/aromatic N) is 2. The average Bonchev–Trinajstić information content (AvgIpc) is 2.72. The molecule has 0 aliphatic carbocycles. The molecule has 1 aliphatic heterocycles. The first-order chi connectivity index (χ1) is 8.66. The average molecular weight is 249 g/mol. The van der Waals surface area contributed by atoms with E-state index in [2.05, 4.69) is 30.0 Å². The van der Waals surface area contributed by atoms with Crippen LogP contribution in [0.1, 0.15) is 11.1 Å². The number of ether oxygens (including phenoxy) is 1. The van der Waals surface area contributed by atoms with Gasteiger partial charge in [-0.3, -0.25) is 4.90 Å². The molecule has 1 aliphatic rings. The van der Waals surface area contributed by atoms with Crippen LogP contribution in [0.3, 0.4) is 0 Å². The summed E-state index contributed by atoms with van der Waals surface area (Å²) >= 11 is 0. The number of nitrogens with two attached hydrogens (primary N) is 1. The number of nitrogen functional groups attached to an aromatic ring is 1. The Morgan fingerprint density at radius 1 is 1.28 bits per heavy atom. The maximum Gasteiger partial charge on any atom is 0.0594 e. The molecule has 1 heterocycles. The standard InChI is InChI=1S/C14H23N3O/c1-16(2)6-8-18-9-7-17-10-12-4-3-5-14(15)13(12)11-17/h3-5H,6-11,15H2,1-2H3. The van der Waals surface area contributed by atoms with E-state index in [9.17, 15) is 0 Å². The maximum absolute atomic E-state index is 5.98. The predicted octanol–water partition coefficient (Wildman–Crippen LogP) is 1.16. The Hall–Kier alpha value is -1.10. The Kier molecular flexibility index (Phi) is 4.58. The summed E-state index contributed by atoms with van der Waals surface area (Å²) in [5, 5.41) is 0. The van der Waals surface area contributed by atoms with Crippen molar-refractivity contribution in [2.24, 2.45) is 0 Å². The Balaban J connectivity index is 1.70. The van der Waals surface area contributed by atoms with Gasteiger partial charge in [0, 0.05) is 31.9 Å². The molecule has 0 unspecified atom stereocenters. The first kappa shape index (κ1) is 13.3. The van der Waals surface area contributed by atoms with Gasteiger partial charge in [-0.15, -0.1) is 0 Å². The second-order valence-electron chi connectivity index (χ2n) is 5.11. The second-order valence-corrected chi connectivity index (χ2v) is 5.11. The smallest absolute Gasteiger partial charge is 0.0594 e. The van der Waals surface area contributed by atoms with Crippen LogP contribution in [0.15, 0.2) is 18.2 Å². The molecule has 0 spiro atoms. The molecule has 0 saturated carbocycles. The lowest BCUT2D eigenvalue weighted by atomic mass is 10.1. The summed E-state index contributed by atoms with van der Waals surface area (Å²) < 4.78 is 5.62. The summed E-state index contributed by atoms with van der Waals surface area (Å²) in [6, 6.07) is 6.18. The lowest BCUT2D eigenvalue weighted by Crippen LogP contribution is -2.24. The van der Waals surface area contributed by atoms with Gasteiger partial charge in [-0.05, 0) is 31.3 Å². The van der Waals surface area contributed by atoms with E-state index in [1.165, 1.54) is 11.1 Å². The normalized spacial score (nSPS) is 15.3. The van der Waals surface area contributed by atoms with Gasteiger partial charge in [0.1, 0.15) is 0 Å². The van der Waals surface area contributed by atoms with E-state index >= 15 is 0 Å². The minimum atomic E-state index is 0.793. The van der Waals surface area contributed by atoms with Crippen LogP contribution in [-0.2, 0) is 17.8 Å². The van der Waals surface area contributed by atoms with Crippen molar-refractivity contribution in [1.29, 1.82) is 0 Å². The van der Waals surface area contributed by atoms with Gasteiger partial charge in [-0.2, -0.15) is 0 Å². The monoisotopic (exact) mass is 249 g/mol. The molecule has 0 atom stereocenters. The van der Waals surface area contributed by atoms with Crippen LogP contribution >= 0.6 is 0 Å². The summed E-state index contributed by atoms with van der Waals surface area (Å²) in [6.45, 7) is 5.50. The summed E-state index contributed by atoms with van der Waals surface area (Å²) in [4.78, 5) is 4.52. The van der Waals surface area contributed by atoms with Gasteiger partial charge in [0.15, 0.2) is 0 Å². The highest BCUT2D eigenvalue weighted by Crippen LogP contribution is 2.26. The lowest BCUT2D eigenvalue weighted by Gasteiger charge is -2.15. The summed E-state index contributed by atoms with van der Waals surface area (Å²) in [5.74, 6) is 0. The molecule has 0 aromatic heterocycles. The Labute approximate surface area is 109 Å². The van der Waals surface area contributed by atoms with Crippen LogP contribution in [0.25, 0.3) is 0 Å². The van der Waals surface area contributed by atoms with Gasteiger partial charge in [0.25, 0.3) is 0 Å².